The van der Waals surface area contributed by atoms with E-state index in [4.69, 9.17) is 14.3 Å². The van der Waals surface area contributed by atoms with Gasteiger partial charge >= 0.3 is 11.7 Å². The molecular formula is C20H20FN3O6S. The number of amides is 1. The van der Waals surface area contributed by atoms with Gasteiger partial charge in [0.1, 0.15) is 17.1 Å². The highest BCUT2D eigenvalue weighted by molar-refractivity contribution is 7.87. The van der Waals surface area contributed by atoms with E-state index in [9.17, 15) is 22.4 Å². The molecule has 0 saturated heterocycles. The highest BCUT2D eigenvalue weighted by atomic mass is 32.2. The molecule has 31 heavy (non-hydrogen) atoms. The first-order valence-electron chi connectivity index (χ1n) is 8.98. The Morgan fingerprint density at radius 1 is 1.19 bits per heavy atom. The fraction of sp³-hybridized carbons (Fsp3) is 0.200. The van der Waals surface area contributed by atoms with Gasteiger partial charge in [-0.3, -0.25) is 0 Å². The lowest BCUT2D eigenvalue weighted by Gasteiger charge is -2.20. The van der Waals surface area contributed by atoms with Crippen molar-refractivity contribution >= 4 is 27.3 Å². The molecule has 0 fully saturated rings. The monoisotopic (exact) mass is 449 g/mol. The Balaban J connectivity index is 2.15. The van der Waals surface area contributed by atoms with E-state index >= 15 is 0 Å². The number of nitrogens with two attached hydrogens (primary N) is 1. The molecule has 3 N–H and O–H groups in total. The molecule has 3 aromatic rings. The van der Waals surface area contributed by atoms with E-state index in [-0.39, 0.29) is 16.9 Å². The Morgan fingerprint density at radius 3 is 2.42 bits per heavy atom. The first kappa shape index (κ1) is 22.4. The molecule has 0 spiro atoms. The van der Waals surface area contributed by atoms with Crippen LogP contribution in [0.5, 0.6) is 5.75 Å². The number of hydrogen-bond donors (Lipinski definition) is 2. The van der Waals surface area contributed by atoms with E-state index in [1.54, 1.807) is 13.0 Å². The maximum absolute atomic E-state index is 13.4. The molecule has 2 aromatic carbocycles. The summed E-state index contributed by atoms with van der Waals surface area (Å²) in [5.74, 6) is -0.362. The van der Waals surface area contributed by atoms with Gasteiger partial charge in [-0.25, -0.2) is 19.1 Å². The third-order valence-electron chi connectivity index (χ3n) is 4.53. The zero-order valence-electron chi connectivity index (χ0n) is 16.9. The number of nitrogens with one attached hydrogen (secondary N) is 1. The average Bonchev–Trinajstić information content (AvgIpc) is 2.66. The molecule has 0 saturated carbocycles. The summed E-state index contributed by atoms with van der Waals surface area (Å²) in [4.78, 5) is 25.8. The second-order valence-electron chi connectivity index (χ2n) is 7.00. The quantitative estimate of drug-likeness (QED) is 0.574. The SMILES string of the molecule is Cc1c(C(NS(N)(=O)=O)c2ccc(F)cc2)c(=O)oc2cc(OC(=O)N(C)C)ccc12. The normalized spacial score (nSPS) is 12.5. The molecular weight excluding hydrogens is 429 g/mol. The van der Waals surface area contributed by atoms with Gasteiger partial charge in [-0.1, -0.05) is 12.1 Å². The van der Waals surface area contributed by atoms with Gasteiger partial charge in [0.2, 0.25) is 0 Å². The first-order valence-corrected chi connectivity index (χ1v) is 10.5. The molecule has 3 rings (SSSR count). The van der Waals surface area contributed by atoms with Crippen LogP contribution in [0.15, 0.2) is 51.7 Å². The number of benzene rings is 2. The summed E-state index contributed by atoms with van der Waals surface area (Å²) in [6.45, 7) is 1.61. The lowest BCUT2D eigenvalue weighted by molar-refractivity contribution is 0.172. The average molecular weight is 449 g/mol. The second-order valence-corrected chi connectivity index (χ2v) is 8.32. The van der Waals surface area contributed by atoms with E-state index in [0.717, 1.165) is 12.1 Å². The molecule has 1 unspecified atom stereocenters. The fourth-order valence-corrected chi connectivity index (χ4v) is 3.64. The van der Waals surface area contributed by atoms with Crippen molar-refractivity contribution in [1.29, 1.82) is 0 Å². The van der Waals surface area contributed by atoms with Gasteiger partial charge in [0.05, 0.1) is 11.6 Å². The lowest BCUT2D eigenvalue weighted by atomic mass is 9.95. The third kappa shape index (κ3) is 5.08. The summed E-state index contributed by atoms with van der Waals surface area (Å²) >= 11 is 0. The molecule has 0 aliphatic heterocycles. The Kier molecular flexibility index (Phi) is 6.11. The summed E-state index contributed by atoms with van der Waals surface area (Å²) in [5.41, 5.74) is 0.0189. The topological polar surface area (TPSA) is 132 Å². The van der Waals surface area contributed by atoms with Crippen molar-refractivity contribution in [1.82, 2.24) is 9.62 Å². The number of aryl methyl sites for hydroxylation is 1. The third-order valence-corrected chi connectivity index (χ3v) is 5.09. The maximum Gasteiger partial charge on any atom is 0.414 e. The molecule has 0 aliphatic rings. The minimum atomic E-state index is -4.23. The predicted molar refractivity (Wildman–Crippen MR) is 111 cm³/mol. The summed E-state index contributed by atoms with van der Waals surface area (Å²) in [6, 6.07) is 8.22. The second kappa shape index (κ2) is 8.46. The zero-order valence-corrected chi connectivity index (χ0v) is 17.7. The predicted octanol–water partition coefficient (Wildman–Crippen LogP) is 2.18. The van der Waals surface area contributed by atoms with Gasteiger partial charge in [0, 0.05) is 25.5 Å². The van der Waals surface area contributed by atoms with Crippen molar-refractivity contribution in [3.63, 3.8) is 0 Å². The van der Waals surface area contributed by atoms with Gasteiger partial charge in [0.15, 0.2) is 0 Å². The van der Waals surface area contributed by atoms with E-state index in [0.29, 0.717) is 16.5 Å². The molecule has 1 atom stereocenters. The van der Waals surface area contributed by atoms with Crippen LogP contribution in [0.3, 0.4) is 0 Å². The van der Waals surface area contributed by atoms with Crippen molar-refractivity contribution in [3.8, 4) is 5.75 Å². The largest absolute Gasteiger partial charge is 0.422 e. The van der Waals surface area contributed by atoms with Crippen LogP contribution in [0.2, 0.25) is 0 Å². The van der Waals surface area contributed by atoms with Crippen LogP contribution >= 0.6 is 0 Å². The Labute approximate surface area is 177 Å². The minimum absolute atomic E-state index is 0.00818. The number of fused-ring (bicyclic) bond motifs is 1. The van der Waals surface area contributed by atoms with Crippen molar-refractivity contribution in [2.75, 3.05) is 14.1 Å². The molecule has 9 nitrogen and oxygen atoms in total. The van der Waals surface area contributed by atoms with Gasteiger partial charge in [-0.2, -0.15) is 13.1 Å². The van der Waals surface area contributed by atoms with E-state index in [1.807, 2.05) is 0 Å². The van der Waals surface area contributed by atoms with E-state index < -0.39 is 33.8 Å². The summed E-state index contributed by atoms with van der Waals surface area (Å²) < 4.78 is 49.6. The molecule has 0 bridgehead atoms. The highest BCUT2D eigenvalue weighted by Crippen LogP contribution is 2.30. The molecule has 164 valence electrons. The van der Waals surface area contributed by atoms with Crippen molar-refractivity contribution in [2.45, 2.75) is 13.0 Å². The van der Waals surface area contributed by atoms with Crippen LogP contribution in [0.1, 0.15) is 22.7 Å². The molecule has 1 aromatic heterocycles. The lowest BCUT2D eigenvalue weighted by Crippen LogP contribution is -2.37. The fourth-order valence-electron chi connectivity index (χ4n) is 3.05. The van der Waals surface area contributed by atoms with Crippen LogP contribution in [0.25, 0.3) is 11.0 Å². The molecule has 0 aliphatic carbocycles. The summed E-state index contributed by atoms with van der Waals surface area (Å²) in [7, 11) is -1.19. The van der Waals surface area contributed by atoms with Crippen molar-refractivity contribution < 1.29 is 26.8 Å². The molecule has 1 heterocycles. The Hall–Kier alpha value is -3.28. The van der Waals surface area contributed by atoms with Crippen molar-refractivity contribution in [2.24, 2.45) is 5.14 Å². The molecule has 0 radical (unpaired) electrons. The highest BCUT2D eigenvalue weighted by Gasteiger charge is 2.26. The van der Waals surface area contributed by atoms with Crippen LogP contribution in [-0.4, -0.2) is 33.5 Å². The van der Waals surface area contributed by atoms with Crippen LogP contribution in [0, 0.1) is 12.7 Å². The van der Waals surface area contributed by atoms with Crippen LogP contribution in [0.4, 0.5) is 9.18 Å². The van der Waals surface area contributed by atoms with Crippen molar-refractivity contribution in [3.05, 3.63) is 75.4 Å². The maximum atomic E-state index is 13.4. The van der Waals surface area contributed by atoms with Gasteiger partial charge < -0.3 is 14.1 Å². The minimum Gasteiger partial charge on any atom is -0.422 e. The summed E-state index contributed by atoms with van der Waals surface area (Å²) in [5, 5.41) is 5.63. The van der Waals surface area contributed by atoms with E-state index in [1.165, 1.54) is 43.3 Å². The number of hydrogen-bond acceptors (Lipinski definition) is 6. The number of halogens is 1. The number of ether oxygens (including phenoxy) is 1. The summed E-state index contributed by atoms with van der Waals surface area (Å²) in [6.07, 6.45) is -0.608. The number of rotatable bonds is 5. The van der Waals surface area contributed by atoms with E-state index in [2.05, 4.69) is 4.72 Å². The van der Waals surface area contributed by atoms with Gasteiger partial charge in [-0.05, 0) is 42.3 Å². The smallest absolute Gasteiger partial charge is 0.414 e. The molecule has 11 heteroatoms. The van der Waals surface area contributed by atoms with Crippen LogP contribution < -0.4 is 20.2 Å². The van der Waals surface area contributed by atoms with Gasteiger partial charge in [0.25, 0.3) is 10.2 Å². The number of nitrogens with zero attached hydrogens (tertiary/aromatic N) is 1. The number of carbonyl (C=O) groups excluding carboxylic acids is 1. The standard InChI is InChI=1S/C20H20FN3O6S/c1-11-15-9-8-14(29-20(26)24(2)3)10-16(15)30-19(25)17(11)18(23-31(22,27)28)12-4-6-13(21)7-5-12/h4-10,18,23H,1-3H3,(H2,22,27,28). The Bertz CT molecular complexity index is 1300. The zero-order chi connectivity index (χ0) is 22.9. The number of carbonyl (C=O) groups is 1. The first-order chi connectivity index (χ1) is 14.5. The Morgan fingerprint density at radius 2 is 1.84 bits per heavy atom. The molecule has 1 amide bonds. The van der Waals surface area contributed by atoms with Gasteiger partial charge in [-0.15, -0.1) is 0 Å². The van der Waals surface area contributed by atoms with Crippen LogP contribution in [-0.2, 0) is 10.2 Å².